The van der Waals surface area contributed by atoms with Gasteiger partial charge in [-0.2, -0.15) is 0 Å². The van der Waals surface area contributed by atoms with E-state index in [1.54, 1.807) is 13.8 Å². The van der Waals surface area contributed by atoms with Gasteiger partial charge in [-0.25, -0.2) is 4.79 Å². The second-order valence-electron chi connectivity index (χ2n) is 6.61. The molecular formula is C16H27N5O8. The maximum atomic E-state index is 12.3. The number of carboxylic acid groups (broad SMARTS) is 2. The normalized spacial score (nSPS) is 13.7. The van der Waals surface area contributed by atoms with Crippen molar-refractivity contribution in [2.45, 2.75) is 51.2 Å². The first kappa shape index (κ1) is 25.8. The molecule has 3 unspecified atom stereocenters. The Bertz CT molecular complexity index is 651. The first-order valence-corrected chi connectivity index (χ1v) is 8.71. The van der Waals surface area contributed by atoms with E-state index >= 15 is 0 Å². The maximum absolute atomic E-state index is 12.3. The summed E-state index contributed by atoms with van der Waals surface area (Å²) in [6.45, 7) is 2.88. The zero-order chi connectivity index (χ0) is 22.7. The van der Waals surface area contributed by atoms with Crippen molar-refractivity contribution in [3.63, 3.8) is 0 Å². The molecule has 0 saturated carbocycles. The van der Waals surface area contributed by atoms with E-state index < -0.39 is 79.5 Å². The van der Waals surface area contributed by atoms with Crippen LogP contribution in [0.5, 0.6) is 0 Å². The minimum absolute atomic E-state index is 0.176. The molecule has 0 heterocycles. The summed E-state index contributed by atoms with van der Waals surface area (Å²) in [7, 11) is 0. The third-order valence-corrected chi connectivity index (χ3v) is 3.76. The van der Waals surface area contributed by atoms with E-state index in [1.807, 2.05) is 5.32 Å². The Morgan fingerprint density at radius 2 is 1.52 bits per heavy atom. The third-order valence-electron chi connectivity index (χ3n) is 3.76. The van der Waals surface area contributed by atoms with Crippen LogP contribution in [-0.2, 0) is 28.8 Å². The van der Waals surface area contributed by atoms with Gasteiger partial charge >= 0.3 is 11.9 Å². The van der Waals surface area contributed by atoms with E-state index in [4.69, 9.17) is 21.7 Å². The summed E-state index contributed by atoms with van der Waals surface area (Å²) in [4.78, 5) is 68.9. The highest BCUT2D eigenvalue weighted by Crippen LogP contribution is 2.01. The predicted molar refractivity (Wildman–Crippen MR) is 98.0 cm³/mol. The summed E-state index contributed by atoms with van der Waals surface area (Å²) >= 11 is 0. The van der Waals surface area contributed by atoms with Crippen LogP contribution in [0.1, 0.15) is 33.1 Å². The lowest BCUT2D eigenvalue weighted by Gasteiger charge is -2.21. The molecule has 0 aliphatic carbocycles. The molecule has 0 aromatic rings. The van der Waals surface area contributed by atoms with Gasteiger partial charge < -0.3 is 37.6 Å². The molecule has 0 aromatic carbocycles. The van der Waals surface area contributed by atoms with Crippen molar-refractivity contribution in [1.29, 1.82) is 0 Å². The fourth-order valence-corrected chi connectivity index (χ4v) is 2.04. The summed E-state index contributed by atoms with van der Waals surface area (Å²) in [5.41, 5.74) is 10.7. The van der Waals surface area contributed by atoms with Crippen molar-refractivity contribution in [2.24, 2.45) is 17.4 Å². The van der Waals surface area contributed by atoms with Crippen LogP contribution in [0.3, 0.4) is 0 Å². The van der Waals surface area contributed by atoms with Gasteiger partial charge in [-0.1, -0.05) is 13.8 Å². The zero-order valence-electron chi connectivity index (χ0n) is 16.1. The number of rotatable bonds is 13. The average Bonchev–Trinajstić information content (AvgIpc) is 2.60. The van der Waals surface area contributed by atoms with Gasteiger partial charge in [-0.05, 0) is 12.3 Å². The first-order chi connectivity index (χ1) is 13.3. The third kappa shape index (κ3) is 10.6. The lowest BCUT2D eigenvalue weighted by molar-refractivity contribution is -0.143. The van der Waals surface area contributed by atoms with Crippen LogP contribution in [0.15, 0.2) is 0 Å². The molecule has 13 nitrogen and oxygen atoms in total. The van der Waals surface area contributed by atoms with Gasteiger partial charge in [0.05, 0.1) is 19.0 Å². The smallest absolute Gasteiger partial charge is 0.326 e. The van der Waals surface area contributed by atoms with Gasteiger partial charge in [-0.3, -0.25) is 24.0 Å². The van der Waals surface area contributed by atoms with Gasteiger partial charge in [0, 0.05) is 6.42 Å². The lowest BCUT2D eigenvalue weighted by atomic mass is 10.1. The van der Waals surface area contributed by atoms with Crippen molar-refractivity contribution in [3.8, 4) is 0 Å². The Kier molecular flexibility index (Phi) is 10.9. The second kappa shape index (κ2) is 12.3. The number of carboxylic acids is 2. The largest absolute Gasteiger partial charge is 0.481 e. The van der Waals surface area contributed by atoms with Gasteiger partial charge in [0.25, 0.3) is 0 Å². The topological polar surface area (TPSA) is 231 Å². The molecule has 164 valence electrons. The minimum Gasteiger partial charge on any atom is -0.481 e. The van der Waals surface area contributed by atoms with Crippen LogP contribution in [-0.4, -0.2) is 70.5 Å². The van der Waals surface area contributed by atoms with Crippen LogP contribution in [0.25, 0.3) is 0 Å². The number of carbonyl (C=O) groups excluding carboxylic acids is 4. The minimum atomic E-state index is -1.55. The molecule has 29 heavy (non-hydrogen) atoms. The number of hydrogen-bond acceptors (Lipinski definition) is 7. The van der Waals surface area contributed by atoms with Crippen LogP contribution in [0.2, 0.25) is 0 Å². The molecular weight excluding hydrogens is 390 g/mol. The van der Waals surface area contributed by atoms with Crippen molar-refractivity contribution in [2.75, 3.05) is 6.54 Å². The van der Waals surface area contributed by atoms with E-state index in [9.17, 15) is 28.8 Å². The molecule has 0 aliphatic heterocycles. The second-order valence-corrected chi connectivity index (χ2v) is 6.61. The monoisotopic (exact) mass is 417 g/mol. The standard InChI is InChI=1S/C16H27N5O8/c1-7(2)13(18)15(27)19-6-11(23)20-9(5-10(17)22)14(26)21-8(16(28)29)3-4-12(24)25/h7-9,13H,3-6,18H2,1-2H3,(H2,17,22)(H,19,27)(H,20,23)(H,21,26)(H,24,25)(H,28,29). The van der Waals surface area contributed by atoms with Crippen LogP contribution < -0.4 is 27.4 Å². The van der Waals surface area contributed by atoms with Crippen molar-refractivity contribution >= 4 is 35.6 Å². The highest BCUT2D eigenvalue weighted by molar-refractivity contribution is 5.95. The number of aliphatic carboxylic acids is 2. The number of primary amides is 1. The highest BCUT2D eigenvalue weighted by atomic mass is 16.4. The van der Waals surface area contributed by atoms with Crippen molar-refractivity contribution in [3.05, 3.63) is 0 Å². The van der Waals surface area contributed by atoms with E-state index in [2.05, 4.69) is 10.6 Å². The summed E-state index contributed by atoms with van der Waals surface area (Å²) in [5, 5.41) is 24.2. The Hall–Kier alpha value is -3.22. The maximum Gasteiger partial charge on any atom is 0.326 e. The van der Waals surface area contributed by atoms with E-state index in [0.29, 0.717) is 0 Å². The molecule has 13 heteroatoms. The summed E-state index contributed by atoms with van der Waals surface area (Å²) in [6, 6.07) is -3.91. The van der Waals surface area contributed by atoms with Crippen LogP contribution in [0.4, 0.5) is 0 Å². The summed E-state index contributed by atoms with van der Waals surface area (Å²) in [5.74, 6) is -6.35. The van der Waals surface area contributed by atoms with Gasteiger partial charge in [0.1, 0.15) is 12.1 Å². The molecule has 0 saturated heterocycles. The highest BCUT2D eigenvalue weighted by Gasteiger charge is 2.28. The number of nitrogens with two attached hydrogens (primary N) is 2. The lowest BCUT2D eigenvalue weighted by Crippen LogP contribution is -2.55. The molecule has 3 atom stereocenters. The van der Waals surface area contributed by atoms with Gasteiger partial charge in [0.15, 0.2) is 0 Å². The van der Waals surface area contributed by atoms with Gasteiger partial charge in [0.2, 0.25) is 23.6 Å². The Morgan fingerprint density at radius 1 is 0.931 bits per heavy atom. The zero-order valence-corrected chi connectivity index (χ0v) is 16.1. The predicted octanol–water partition coefficient (Wildman–Crippen LogP) is -3.12. The van der Waals surface area contributed by atoms with Crippen LogP contribution >= 0.6 is 0 Å². The number of carbonyl (C=O) groups is 6. The van der Waals surface area contributed by atoms with E-state index in [1.165, 1.54) is 0 Å². The molecule has 0 aromatic heterocycles. The number of hydrogen-bond donors (Lipinski definition) is 7. The number of amides is 4. The Labute approximate surface area is 166 Å². The quantitative estimate of drug-likeness (QED) is 0.160. The fourth-order valence-electron chi connectivity index (χ4n) is 2.04. The van der Waals surface area contributed by atoms with E-state index in [0.717, 1.165) is 0 Å². The molecule has 0 bridgehead atoms. The molecule has 4 amide bonds. The molecule has 0 fully saturated rings. The fraction of sp³-hybridized carbons (Fsp3) is 0.625. The average molecular weight is 417 g/mol. The Balaban J connectivity index is 4.96. The number of nitrogens with one attached hydrogen (secondary N) is 3. The SMILES string of the molecule is CC(C)C(N)C(=O)NCC(=O)NC(CC(N)=O)C(=O)NC(CCC(=O)O)C(=O)O. The van der Waals surface area contributed by atoms with Crippen molar-refractivity contribution < 1.29 is 39.0 Å². The van der Waals surface area contributed by atoms with Crippen LogP contribution in [0, 0.1) is 5.92 Å². The van der Waals surface area contributed by atoms with Gasteiger partial charge in [-0.15, -0.1) is 0 Å². The first-order valence-electron chi connectivity index (χ1n) is 8.71. The molecule has 9 N–H and O–H groups in total. The molecule has 0 rings (SSSR count). The molecule has 0 spiro atoms. The van der Waals surface area contributed by atoms with Crippen molar-refractivity contribution in [1.82, 2.24) is 16.0 Å². The Morgan fingerprint density at radius 3 is 1.97 bits per heavy atom. The molecule has 0 aliphatic rings. The summed E-state index contributed by atoms with van der Waals surface area (Å²) in [6.07, 6.45) is -1.56. The molecule has 0 radical (unpaired) electrons. The van der Waals surface area contributed by atoms with E-state index in [-0.39, 0.29) is 5.92 Å². The summed E-state index contributed by atoms with van der Waals surface area (Å²) < 4.78 is 0.